The quantitative estimate of drug-likeness (QED) is 0.628. The van der Waals surface area contributed by atoms with Crippen LogP contribution in [0.25, 0.3) is 0 Å². The molecule has 0 spiro atoms. The molecule has 0 bridgehead atoms. The van der Waals surface area contributed by atoms with E-state index >= 15 is 0 Å². The Morgan fingerprint density at radius 1 is 1.04 bits per heavy atom. The van der Waals surface area contributed by atoms with Gasteiger partial charge in [0.1, 0.15) is 5.75 Å². The average molecular weight is 371 g/mol. The summed E-state index contributed by atoms with van der Waals surface area (Å²) in [6.45, 7) is 4.60. The smallest absolute Gasteiger partial charge is 0.220 e. The Morgan fingerprint density at radius 3 is 2.37 bits per heavy atom. The third-order valence-electron chi connectivity index (χ3n) is 4.39. The van der Waals surface area contributed by atoms with Crippen LogP contribution in [0.2, 0.25) is 0 Å². The number of amides is 1. The van der Waals surface area contributed by atoms with Gasteiger partial charge in [0.05, 0.1) is 26.9 Å². The summed E-state index contributed by atoms with van der Waals surface area (Å²) in [5.41, 5.74) is 2.20. The molecule has 1 amide bonds. The van der Waals surface area contributed by atoms with Crippen molar-refractivity contribution in [1.29, 1.82) is 0 Å². The van der Waals surface area contributed by atoms with Crippen molar-refractivity contribution in [2.45, 2.75) is 39.2 Å². The Kier molecular flexibility index (Phi) is 7.99. The predicted molar refractivity (Wildman–Crippen MR) is 107 cm³/mol. The zero-order valence-corrected chi connectivity index (χ0v) is 16.6. The Bertz CT molecular complexity index is 728. The van der Waals surface area contributed by atoms with E-state index < -0.39 is 0 Å². The van der Waals surface area contributed by atoms with Gasteiger partial charge in [-0.15, -0.1) is 0 Å². The predicted octanol–water partition coefficient (Wildman–Crippen LogP) is 4.44. The van der Waals surface area contributed by atoms with E-state index in [1.54, 1.807) is 14.2 Å². The minimum Gasteiger partial charge on any atom is -0.494 e. The van der Waals surface area contributed by atoms with E-state index in [1.807, 2.05) is 56.3 Å². The summed E-state index contributed by atoms with van der Waals surface area (Å²) in [6.07, 6.45) is 1.89. The van der Waals surface area contributed by atoms with Crippen LogP contribution in [0.15, 0.2) is 42.5 Å². The van der Waals surface area contributed by atoms with Crippen LogP contribution in [0.4, 0.5) is 0 Å². The molecule has 2 rings (SSSR count). The molecule has 27 heavy (non-hydrogen) atoms. The number of hydrogen-bond donors (Lipinski definition) is 1. The molecule has 5 heteroatoms. The summed E-state index contributed by atoms with van der Waals surface area (Å²) in [4.78, 5) is 12.3. The molecule has 0 radical (unpaired) electrons. The van der Waals surface area contributed by atoms with E-state index in [0.29, 0.717) is 30.9 Å². The first-order valence-corrected chi connectivity index (χ1v) is 9.28. The van der Waals surface area contributed by atoms with Gasteiger partial charge < -0.3 is 19.5 Å². The highest BCUT2D eigenvalue weighted by atomic mass is 16.5. The fourth-order valence-corrected chi connectivity index (χ4v) is 2.81. The maximum atomic E-state index is 12.3. The highest BCUT2D eigenvalue weighted by molar-refractivity contribution is 5.76. The molecule has 146 valence electrons. The lowest BCUT2D eigenvalue weighted by atomic mass is 10.0. The van der Waals surface area contributed by atoms with E-state index in [-0.39, 0.29) is 11.9 Å². The molecular weight excluding hydrogens is 342 g/mol. The summed E-state index contributed by atoms with van der Waals surface area (Å²) in [7, 11) is 3.21. The fraction of sp³-hybridized carbons (Fsp3) is 0.409. The third kappa shape index (κ3) is 6.20. The number of ether oxygens (including phenoxy) is 3. The minimum atomic E-state index is -0.0599. The lowest BCUT2D eigenvalue weighted by Crippen LogP contribution is -2.28. The standard InChI is InChI=1S/C22H29NO4/c1-5-19(17-10-13-20(25-3)21(15-17)26-4)23-22(24)7-6-14-27-18-11-8-16(2)9-12-18/h8-13,15,19H,5-7,14H2,1-4H3,(H,23,24)/t19-/m1/s1. The molecular formula is C22H29NO4. The summed E-state index contributed by atoms with van der Waals surface area (Å²) in [5, 5.41) is 3.09. The summed E-state index contributed by atoms with van der Waals surface area (Å²) < 4.78 is 16.3. The second kappa shape index (κ2) is 10.5. The van der Waals surface area contributed by atoms with Gasteiger partial charge in [0.2, 0.25) is 5.91 Å². The molecule has 0 aliphatic carbocycles. The second-order valence-corrected chi connectivity index (χ2v) is 6.41. The highest BCUT2D eigenvalue weighted by Gasteiger charge is 2.15. The van der Waals surface area contributed by atoms with Crippen LogP contribution in [0, 0.1) is 6.92 Å². The molecule has 1 N–H and O–H groups in total. The number of methoxy groups -OCH3 is 2. The zero-order chi connectivity index (χ0) is 19.6. The number of hydrogen-bond acceptors (Lipinski definition) is 4. The van der Waals surface area contributed by atoms with Gasteiger partial charge in [-0.3, -0.25) is 4.79 Å². The first-order valence-electron chi connectivity index (χ1n) is 9.28. The van der Waals surface area contributed by atoms with Crippen LogP contribution < -0.4 is 19.5 Å². The lowest BCUT2D eigenvalue weighted by molar-refractivity contribution is -0.122. The monoisotopic (exact) mass is 371 g/mol. The Labute approximate surface area is 161 Å². The molecule has 0 aromatic heterocycles. The normalized spacial score (nSPS) is 11.6. The molecule has 0 saturated heterocycles. The van der Waals surface area contributed by atoms with Crippen molar-refractivity contribution >= 4 is 5.91 Å². The van der Waals surface area contributed by atoms with Crippen LogP contribution >= 0.6 is 0 Å². The average Bonchev–Trinajstić information content (AvgIpc) is 2.70. The van der Waals surface area contributed by atoms with Crippen molar-refractivity contribution < 1.29 is 19.0 Å². The zero-order valence-electron chi connectivity index (χ0n) is 16.6. The van der Waals surface area contributed by atoms with Crippen molar-refractivity contribution in [3.8, 4) is 17.2 Å². The van der Waals surface area contributed by atoms with Crippen LogP contribution in [0.3, 0.4) is 0 Å². The van der Waals surface area contributed by atoms with E-state index in [0.717, 1.165) is 17.7 Å². The molecule has 0 heterocycles. The Morgan fingerprint density at radius 2 is 1.74 bits per heavy atom. The van der Waals surface area contributed by atoms with E-state index in [9.17, 15) is 4.79 Å². The topological polar surface area (TPSA) is 56.8 Å². The number of benzene rings is 2. The summed E-state index contributed by atoms with van der Waals surface area (Å²) in [5.74, 6) is 2.19. The van der Waals surface area contributed by atoms with Gasteiger partial charge in [-0.05, 0) is 49.6 Å². The molecule has 2 aromatic carbocycles. The van der Waals surface area contributed by atoms with Gasteiger partial charge >= 0.3 is 0 Å². The Balaban J connectivity index is 1.83. The van der Waals surface area contributed by atoms with Crippen LogP contribution in [0.1, 0.15) is 43.4 Å². The Hall–Kier alpha value is -2.69. The molecule has 0 aliphatic heterocycles. The highest BCUT2D eigenvalue weighted by Crippen LogP contribution is 2.30. The van der Waals surface area contributed by atoms with Crippen molar-refractivity contribution in [2.75, 3.05) is 20.8 Å². The first-order chi connectivity index (χ1) is 13.1. The van der Waals surface area contributed by atoms with Gasteiger partial charge in [-0.2, -0.15) is 0 Å². The number of nitrogens with one attached hydrogen (secondary N) is 1. The van der Waals surface area contributed by atoms with Gasteiger partial charge in [-0.1, -0.05) is 30.7 Å². The number of carbonyl (C=O) groups excluding carboxylic acids is 1. The molecule has 2 aromatic rings. The van der Waals surface area contributed by atoms with E-state index in [1.165, 1.54) is 5.56 Å². The van der Waals surface area contributed by atoms with E-state index in [4.69, 9.17) is 14.2 Å². The second-order valence-electron chi connectivity index (χ2n) is 6.41. The van der Waals surface area contributed by atoms with Crippen LogP contribution in [-0.2, 0) is 4.79 Å². The number of carbonyl (C=O) groups is 1. The molecule has 5 nitrogen and oxygen atoms in total. The number of aryl methyl sites for hydroxylation is 1. The fourth-order valence-electron chi connectivity index (χ4n) is 2.81. The van der Waals surface area contributed by atoms with Gasteiger partial charge in [-0.25, -0.2) is 0 Å². The SMILES string of the molecule is CC[C@@H](NC(=O)CCCOc1ccc(C)cc1)c1ccc(OC)c(OC)c1. The molecule has 0 saturated carbocycles. The van der Waals surface area contributed by atoms with Crippen molar-refractivity contribution in [3.63, 3.8) is 0 Å². The summed E-state index contributed by atoms with van der Waals surface area (Å²) >= 11 is 0. The van der Waals surface area contributed by atoms with Crippen molar-refractivity contribution in [3.05, 3.63) is 53.6 Å². The largest absolute Gasteiger partial charge is 0.494 e. The molecule has 0 aliphatic rings. The molecule has 0 fully saturated rings. The maximum absolute atomic E-state index is 12.3. The van der Waals surface area contributed by atoms with Gasteiger partial charge in [0.15, 0.2) is 11.5 Å². The molecule has 0 unspecified atom stereocenters. The van der Waals surface area contributed by atoms with Crippen molar-refractivity contribution in [2.24, 2.45) is 0 Å². The lowest BCUT2D eigenvalue weighted by Gasteiger charge is -2.19. The molecule has 1 atom stereocenters. The maximum Gasteiger partial charge on any atom is 0.220 e. The van der Waals surface area contributed by atoms with E-state index in [2.05, 4.69) is 5.32 Å². The third-order valence-corrected chi connectivity index (χ3v) is 4.39. The van der Waals surface area contributed by atoms with Gasteiger partial charge in [0.25, 0.3) is 0 Å². The van der Waals surface area contributed by atoms with Crippen LogP contribution in [-0.4, -0.2) is 26.7 Å². The van der Waals surface area contributed by atoms with Crippen LogP contribution in [0.5, 0.6) is 17.2 Å². The van der Waals surface area contributed by atoms with Gasteiger partial charge in [0, 0.05) is 6.42 Å². The minimum absolute atomic E-state index is 0.0177. The summed E-state index contributed by atoms with van der Waals surface area (Å²) in [6, 6.07) is 13.6. The van der Waals surface area contributed by atoms with Crippen molar-refractivity contribution in [1.82, 2.24) is 5.32 Å². The first kappa shape index (κ1) is 20.6. The number of rotatable bonds is 10.